The minimum atomic E-state index is -4.73. The van der Waals surface area contributed by atoms with Crippen molar-refractivity contribution in [1.82, 2.24) is 9.78 Å². The van der Waals surface area contributed by atoms with E-state index in [4.69, 9.17) is 0 Å². The number of carbonyl (C=O) groups is 1. The second-order valence-electron chi connectivity index (χ2n) is 4.29. The number of amides is 1. The molecule has 0 saturated carbocycles. The highest BCUT2D eigenvalue weighted by molar-refractivity contribution is 9.10. The van der Waals surface area contributed by atoms with Crippen LogP contribution < -0.4 is 10.1 Å². The molecule has 1 aromatic carbocycles. The monoisotopic (exact) mass is 377 g/mol. The number of alkyl halides is 3. The van der Waals surface area contributed by atoms with Crippen molar-refractivity contribution < 1.29 is 22.7 Å². The molecule has 1 aromatic heterocycles. The molecule has 0 fully saturated rings. The van der Waals surface area contributed by atoms with Gasteiger partial charge in [0.2, 0.25) is 5.91 Å². The van der Waals surface area contributed by atoms with Crippen LogP contribution in [0.25, 0.3) is 0 Å². The number of halogens is 4. The molecule has 0 aliphatic carbocycles. The number of nitrogens with zero attached hydrogens (tertiary/aromatic N) is 2. The van der Waals surface area contributed by atoms with Gasteiger partial charge in [0.05, 0.1) is 10.7 Å². The molecule has 1 N–H and O–H groups in total. The number of ether oxygens (including phenoxy) is 1. The summed E-state index contributed by atoms with van der Waals surface area (Å²) in [6.45, 7) is 0.396. The summed E-state index contributed by atoms with van der Waals surface area (Å²) in [5.74, 6) is -0.608. The van der Waals surface area contributed by atoms with Crippen molar-refractivity contribution in [2.75, 3.05) is 5.32 Å². The zero-order valence-corrected chi connectivity index (χ0v) is 12.7. The van der Waals surface area contributed by atoms with E-state index < -0.39 is 6.36 Å². The Labute approximate surface area is 132 Å². The van der Waals surface area contributed by atoms with E-state index in [-0.39, 0.29) is 18.1 Å². The van der Waals surface area contributed by atoms with Gasteiger partial charge in [0.25, 0.3) is 0 Å². The summed E-state index contributed by atoms with van der Waals surface area (Å²) in [6, 6.07) is 4.94. The van der Waals surface area contributed by atoms with Gasteiger partial charge in [-0.1, -0.05) is 0 Å². The SMILES string of the molecule is O=C(CCn1cc(Br)cn1)Nc1ccc(OC(F)(F)F)cc1. The highest BCUT2D eigenvalue weighted by Crippen LogP contribution is 2.23. The number of nitrogens with one attached hydrogen (secondary N) is 1. The molecule has 0 radical (unpaired) electrons. The van der Waals surface area contributed by atoms with E-state index in [0.29, 0.717) is 12.2 Å². The van der Waals surface area contributed by atoms with Gasteiger partial charge < -0.3 is 10.1 Å². The second kappa shape index (κ2) is 6.82. The van der Waals surface area contributed by atoms with Gasteiger partial charge in [-0.05, 0) is 40.2 Å². The fraction of sp³-hybridized carbons (Fsp3) is 0.231. The number of carbonyl (C=O) groups excluding carboxylic acids is 1. The molecule has 1 amide bonds. The van der Waals surface area contributed by atoms with E-state index in [1.54, 1.807) is 17.1 Å². The maximum absolute atomic E-state index is 12.0. The van der Waals surface area contributed by atoms with Crippen LogP contribution in [-0.2, 0) is 11.3 Å². The average molecular weight is 378 g/mol. The van der Waals surface area contributed by atoms with Crippen molar-refractivity contribution >= 4 is 27.5 Å². The van der Waals surface area contributed by atoms with Crippen LogP contribution in [0.15, 0.2) is 41.1 Å². The topological polar surface area (TPSA) is 56.2 Å². The second-order valence-corrected chi connectivity index (χ2v) is 5.21. The third kappa shape index (κ3) is 5.40. The summed E-state index contributed by atoms with van der Waals surface area (Å²) in [5, 5.41) is 6.59. The Morgan fingerprint density at radius 2 is 2.00 bits per heavy atom. The summed E-state index contributed by atoms with van der Waals surface area (Å²) in [6.07, 6.45) is -1.20. The molecule has 9 heteroatoms. The summed E-state index contributed by atoms with van der Waals surface area (Å²) in [4.78, 5) is 11.7. The first-order valence-corrected chi connectivity index (χ1v) is 6.95. The van der Waals surface area contributed by atoms with Crippen molar-refractivity contribution in [3.63, 3.8) is 0 Å². The highest BCUT2D eigenvalue weighted by atomic mass is 79.9. The Kier molecular flexibility index (Phi) is 5.07. The summed E-state index contributed by atoms with van der Waals surface area (Å²) >= 11 is 3.24. The number of anilines is 1. The number of aryl methyl sites for hydroxylation is 1. The smallest absolute Gasteiger partial charge is 0.406 e. The lowest BCUT2D eigenvalue weighted by Crippen LogP contribution is -2.17. The first kappa shape index (κ1) is 16.3. The Bertz CT molecular complexity index is 641. The Balaban J connectivity index is 1.83. The lowest BCUT2D eigenvalue weighted by atomic mass is 10.3. The lowest BCUT2D eigenvalue weighted by Gasteiger charge is -2.10. The van der Waals surface area contributed by atoms with Crippen LogP contribution in [-0.4, -0.2) is 22.1 Å². The van der Waals surface area contributed by atoms with Crippen molar-refractivity contribution in [2.24, 2.45) is 0 Å². The van der Waals surface area contributed by atoms with Crippen LogP contribution in [0.1, 0.15) is 6.42 Å². The fourth-order valence-corrected chi connectivity index (χ4v) is 1.97. The van der Waals surface area contributed by atoms with Gasteiger partial charge in [0, 0.05) is 24.8 Å². The van der Waals surface area contributed by atoms with Gasteiger partial charge in [0.15, 0.2) is 0 Å². The summed E-state index contributed by atoms with van der Waals surface area (Å²) in [5.41, 5.74) is 0.390. The van der Waals surface area contributed by atoms with Gasteiger partial charge in [0.1, 0.15) is 5.75 Å². The third-order valence-corrected chi connectivity index (χ3v) is 2.95. The minimum absolute atomic E-state index is 0.189. The maximum atomic E-state index is 12.0. The van der Waals surface area contributed by atoms with Gasteiger partial charge in [-0.2, -0.15) is 5.10 Å². The minimum Gasteiger partial charge on any atom is -0.406 e. The van der Waals surface area contributed by atoms with E-state index >= 15 is 0 Å². The van der Waals surface area contributed by atoms with E-state index in [9.17, 15) is 18.0 Å². The normalized spacial score (nSPS) is 11.3. The molecule has 118 valence electrons. The van der Waals surface area contributed by atoms with Gasteiger partial charge in [-0.15, -0.1) is 13.2 Å². The van der Waals surface area contributed by atoms with Crippen LogP contribution in [0, 0.1) is 0 Å². The molecule has 5 nitrogen and oxygen atoms in total. The Morgan fingerprint density at radius 1 is 1.32 bits per heavy atom. The fourth-order valence-electron chi connectivity index (χ4n) is 1.64. The molecule has 22 heavy (non-hydrogen) atoms. The Hall–Kier alpha value is -2.03. The van der Waals surface area contributed by atoms with E-state index in [1.165, 1.54) is 12.1 Å². The van der Waals surface area contributed by atoms with Gasteiger partial charge in [-0.3, -0.25) is 9.48 Å². The molecule has 2 aromatic rings. The molecule has 0 aliphatic rings. The van der Waals surface area contributed by atoms with Crippen molar-refractivity contribution in [2.45, 2.75) is 19.3 Å². The van der Waals surface area contributed by atoms with Crippen LogP contribution >= 0.6 is 15.9 Å². The standard InChI is InChI=1S/C13H11BrF3N3O2/c14-9-7-18-20(8-9)6-5-12(21)19-10-1-3-11(4-2-10)22-13(15,16)17/h1-4,7-8H,5-6H2,(H,19,21). The predicted molar refractivity (Wildman–Crippen MR) is 76.3 cm³/mol. The Morgan fingerprint density at radius 3 is 2.55 bits per heavy atom. The predicted octanol–water partition coefficient (Wildman–Crippen LogP) is 3.57. The quantitative estimate of drug-likeness (QED) is 0.866. The molecule has 2 rings (SSSR count). The number of rotatable bonds is 5. The van der Waals surface area contributed by atoms with Gasteiger partial charge in [-0.25, -0.2) is 0 Å². The van der Waals surface area contributed by atoms with Crippen LogP contribution in [0.4, 0.5) is 18.9 Å². The highest BCUT2D eigenvalue weighted by Gasteiger charge is 2.30. The van der Waals surface area contributed by atoms with Crippen molar-refractivity contribution in [3.05, 3.63) is 41.1 Å². The number of aromatic nitrogens is 2. The summed E-state index contributed by atoms with van der Waals surface area (Å²) in [7, 11) is 0. The third-order valence-electron chi connectivity index (χ3n) is 2.54. The van der Waals surface area contributed by atoms with Crippen LogP contribution in [0.5, 0.6) is 5.75 Å². The molecule has 0 bridgehead atoms. The molecule has 0 unspecified atom stereocenters. The first-order chi connectivity index (χ1) is 10.3. The van der Waals surface area contributed by atoms with E-state index in [1.807, 2.05) is 0 Å². The maximum Gasteiger partial charge on any atom is 0.573 e. The molecule has 1 heterocycles. The van der Waals surface area contributed by atoms with E-state index in [0.717, 1.165) is 16.6 Å². The molecule has 0 saturated heterocycles. The summed E-state index contributed by atoms with van der Waals surface area (Å²) < 4.78 is 42.2. The number of hydrogen-bond donors (Lipinski definition) is 1. The molecule has 0 atom stereocenters. The molecule has 0 aliphatic heterocycles. The van der Waals surface area contributed by atoms with Crippen LogP contribution in [0.3, 0.4) is 0 Å². The van der Waals surface area contributed by atoms with Gasteiger partial charge >= 0.3 is 6.36 Å². The molecular weight excluding hydrogens is 367 g/mol. The zero-order chi connectivity index (χ0) is 16.2. The largest absolute Gasteiger partial charge is 0.573 e. The van der Waals surface area contributed by atoms with E-state index in [2.05, 4.69) is 31.1 Å². The molecule has 0 spiro atoms. The van der Waals surface area contributed by atoms with Crippen molar-refractivity contribution in [3.8, 4) is 5.75 Å². The number of benzene rings is 1. The number of hydrogen-bond acceptors (Lipinski definition) is 3. The molecular formula is C13H11BrF3N3O2. The first-order valence-electron chi connectivity index (χ1n) is 6.15. The average Bonchev–Trinajstić information content (AvgIpc) is 2.83. The lowest BCUT2D eigenvalue weighted by molar-refractivity contribution is -0.274. The van der Waals surface area contributed by atoms with Crippen LogP contribution in [0.2, 0.25) is 0 Å². The zero-order valence-electron chi connectivity index (χ0n) is 11.1. The van der Waals surface area contributed by atoms with Crippen molar-refractivity contribution in [1.29, 1.82) is 0 Å².